The Balaban J connectivity index is 0.000000151. The van der Waals surface area contributed by atoms with Crippen molar-refractivity contribution in [1.29, 1.82) is 0 Å². The van der Waals surface area contributed by atoms with Gasteiger partial charge in [-0.15, -0.1) is 24.3 Å². The number of aliphatic hydroxyl groups is 1. The van der Waals surface area contributed by atoms with Crippen LogP contribution in [0.2, 0.25) is 0 Å². The van der Waals surface area contributed by atoms with E-state index in [0.29, 0.717) is 17.1 Å². The minimum absolute atomic E-state index is 0. The zero-order valence-corrected chi connectivity index (χ0v) is 42.7. The summed E-state index contributed by atoms with van der Waals surface area (Å²) in [6.07, 6.45) is 4.70. The van der Waals surface area contributed by atoms with Gasteiger partial charge >= 0.3 is 0 Å². The van der Waals surface area contributed by atoms with Crippen molar-refractivity contribution in [2.75, 3.05) is 0 Å². The first-order valence-corrected chi connectivity index (χ1v) is 23.7. The molecule has 5 heterocycles. The van der Waals surface area contributed by atoms with Crippen molar-refractivity contribution >= 4 is 49.4 Å². The van der Waals surface area contributed by atoms with Crippen LogP contribution < -0.4 is 0 Å². The van der Waals surface area contributed by atoms with Gasteiger partial charge in [0.1, 0.15) is 11.5 Å². The van der Waals surface area contributed by atoms with Crippen molar-refractivity contribution in [3.8, 4) is 45.0 Å². The fourth-order valence-corrected chi connectivity index (χ4v) is 8.84. The van der Waals surface area contributed by atoms with Crippen molar-refractivity contribution in [2.45, 2.75) is 0 Å². The minimum atomic E-state index is -0.649. The molecule has 1 radical (unpaired) electrons. The molecule has 0 spiro atoms. The summed E-state index contributed by atoms with van der Waals surface area (Å²) in [6.45, 7) is 3.32. The van der Waals surface area contributed by atoms with Gasteiger partial charge in [0.25, 0.3) is 0 Å². The van der Waals surface area contributed by atoms with Gasteiger partial charge in [0.05, 0.1) is 22.1 Å². The maximum absolute atomic E-state index is 13.2. The molecule has 11 heteroatoms. The third-order valence-electron chi connectivity index (χ3n) is 12.3. The molecule has 0 amide bonds. The van der Waals surface area contributed by atoms with Crippen LogP contribution in [0.4, 0.5) is 17.6 Å². The largest absolute Gasteiger partial charge is 0.506 e. The third kappa shape index (κ3) is 11.3. The minimum Gasteiger partial charge on any atom is -0.506 e. The van der Waals surface area contributed by atoms with Crippen molar-refractivity contribution in [3.05, 3.63) is 291 Å². The molecule has 373 valence electrons. The van der Waals surface area contributed by atoms with Crippen molar-refractivity contribution in [2.24, 2.45) is 0 Å². The van der Waals surface area contributed by atoms with Crippen LogP contribution in [0.1, 0.15) is 5.69 Å². The van der Waals surface area contributed by atoms with E-state index in [1.807, 2.05) is 0 Å². The number of aromatic nitrogens is 5. The Hall–Kier alpha value is -9.28. The fourth-order valence-electron chi connectivity index (χ4n) is 8.84. The van der Waals surface area contributed by atoms with Gasteiger partial charge in [0.15, 0.2) is 0 Å². The van der Waals surface area contributed by atoms with Crippen LogP contribution in [-0.2, 0) is 20.1 Å². The maximum atomic E-state index is 13.2. The van der Waals surface area contributed by atoms with Crippen molar-refractivity contribution in [1.82, 2.24) is 24.1 Å². The van der Waals surface area contributed by atoms with Gasteiger partial charge in [-0.3, -0.25) is 22.5 Å². The molecular formula is C65H43F4IrN5O-2. The molecule has 0 bridgehead atoms. The SMILES string of the molecule is C=C(O)c1ccccn1.Fc1c[c-]c(-c2ccccn2)c(F)c1.Fc1c[c-]c(-c2ccccn2)c(F)c1.[Ir].c1ccc2c(c1)c1ccccc1n2-c1ccc(-c2ccc(-n3c4ccccc4c4ccccc43)cc2)cc1. The molecule has 0 aliphatic heterocycles. The Morgan fingerprint density at radius 1 is 0.408 bits per heavy atom. The Kier molecular flexibility index (Phi) is 16.1. The van der Waals surface area contributed by atoms with Gasteiger partial charge in [-0.25, -0.2) is 0 Å². The van der Waals surface area contributed by atoms with Gasteiger partial charge in [0, 0.05) is 94.9 Å². The van der Waals surface area contributed by atoms with Crippen LogP contribution in [0.15, 0.2) is 250 Å². The standard InChI is InChI=1S/C36H24N2.2C11H6F2N.C7H7NO.Ir/c1-5-13-33-29(9-1)30-10-2-6-14-34(30)37(33)27-21-17-25(18-22-27)26-19-23-28(24-20-26)38-35-15-7-3-11-31(35)32-12-4-8-16-36(32)38;2*12-8-4-5-9(10(13)7-8)11-3-1-2-6-14-11;1-6(9)7-4-2-3-5-8-7;/h1-24H;2*1-4,6-7H;2-5,9H,1H2;/q;2*-1;;. The number of hydrogen-bond donors (Lipinski definition) is 1. The molecule has 0 saturated heterocycles. The molecular weight excluding hydrogens is 1130 g/mol. The second-order valence-electron chi connectivity index (χ2n) is 17.0. The Morgan fingerprint density at radius 3 is 1.03 bits per heavy atom. The van der Waals surface area contributed by atoms with E-state index in [1.54, 1.807) is 73.2 Å². The summed E-state index contributed by atoms with van der Waals surface area (Å²) < 4.78 is 56.3. The number of rotatable bonds is 6. The molecule has 5 aromatic heterocycles. The number of para-hydroxylation sites is 4. The first-order chi connectivity index (χ1) is 36.7. The summed E-state index contributed by atoms with van der Waals surface area (Å²) in [4.78, 5) is 11.7. The molecule has 0 atom stereocenters. The van der Waals surface area contributed by atoms with E-state index in [1.165, 1.54) is 66.1 Å². The Morgan fingerprint density at radius 2 is 0.737 bits per heavy atom. The van der Waals surface area contributed by atoms with E-state index in [9.17, 15) is 17.6 Å². The molecule has 13 aromatic rings. The van der Waals surface area contributed by atoms with Gasteiger partial charge in [-0.2, -0.15) is 0 Å². The summed E-state index contributed by atoms with van der Waals surface area (Å²) in [5, 5.41) is 13.9. The number of pyridine rings is 3. The van der Waals surface area contributed by atoms with Gasteiger partial charge in [0.2, 0.25) is 0 Å². The summed E-state index contributed by atoms with van der Waals surface area (Å²) >= 11 is 0. The number of nitrogens with zero attached hydrogens (tertiary/aromatic N) is 5. The molecule has 0 fully saturated rings. The van der Waals surface area contributed by atoms with E-state index in [0.717, 1.165) is 24.3 Å². The van der Waals surface area contributed by atoms with Gasteiger partial charge in [-0.05, 0) is 95.3 Å². The Bertz CT molecular complexity index is 3730. The van der Waals surface area contributed by atoms with Gasteiger partial charge in [-0.1, -0.05) is 157 Å². The maximum Gasteiger partial charge on any atom is 0.134 e. The number of fused-ring (bicyclic) bond motifs is 6. The van der Waals surface area contributed by atoms with Crippen LogP contribution in [-0.4, -0.2) is 29.2 Å². The average Bonchev–Trinajstić information content (AvgIpc) is 3.99. The van der Waals surface area contributed by atoms with E-state index < -0.39 is 23.3 Å². The summed E-state index contributed by atoms with van der Waals surface area (Å²) in [5.74, 6) is -2.56. The molecule has 6 nitrogen and oxygen atoms in total. The number of aliphatic hydroxyl groups excluding tert-OH is 1. The van der Waals surface area contributed by atoms with E-state index >= 15 is 0 Å². The van der Waals surface area contributed by atoms with E-state index in [4.69, 9.17) is 5.11 Å². The predicted molar refractivity (Wildman–Crippen MR) is 293 cm³/mol. The summed E-state index contributed by atoms with van der Waals surface area (Å²) in [5.41, 5.74) is 11.5. The monoisotopic (exact) mass is 1180 g/mol. The van der Waals surface area contributed by atoms with Crippen LogP contribution in [0.3, 0.4) is 0 Å². The molecule has 1 N–H and O–H groups in total. The first kappa shape index (κ1) is 51.6. The molecule has 76 heavy (non-hydrogen) atoms. The molecule has 0 aliphatic carbocycles. The molecule has 13 rings (SSSR count). The van der Waals surface area contributed by atoms with Crippen LogP contribution in [0.25, 0.3) is 94.4 Å². The normalized spacial score (nSPS) is 10.6. The topological polar surface area (TPSA) is 68.8 Å². The summed E-state index contributed by atoms with van der Waals surface area (Å²) in [7, 11) is 0. The third-order valence-corrected chi connectivity index (χ3v) is 12.3. The molecule has 0 aliphatic rings. The molecule has 8 aromatic carbocycles. The fraction of sp³-hybridized carbons (Fsp3) is 0. The van der Waals surface area contributed by atoms with Crippen molar-refractivity contribution < 1.29 is 42.8 Å². The van der Waals surface area contributed by atoms with Crippen LogP contribution >= 0.6 is 0 Å². The van der Waals surface area contributed by atoms with Gasteiger partial charge < -0.3 is 24.2 Å². The first-order valence-electron chi connectivity index (χ1n) is 23.7. The second-order valence-corrected chi connectivity index (χ2v) is 17.0. The summed E-state index contributed by atoms with van der Waals surface area (Å²) in [6, 6.07) is 76.8. The average molecular weight is 1180 g/mol. The second kappa shape index (κ2) is 23.7. The van der Waals surface area contributed by atoms with Crippen LogP contribution in [0, 0.1) is 35.4 Å². The van der Waals surface area contributed by atoms with E-state index in [2.05, 4.69) is 188 Å². The zero-order chi connectivity index (χ0) is 51.7. The number of halogens is 4. The Labute approximate surface area is 449 Å². The van der Waals surface area contributed by atoms with E-state index in [-0.39, 0.29) is 37.0 Å². The van der Waals surface area contributed by atoms with Crippen molar-refractivity contribution in [3.63, 3.8) is 0 Å². The van der Waals surface area contributed by atoms with Crippen LogP contribution in [0.5, 0.6) is 0 Å². The molecule has 0 saturated carbocycles. The zero-order valence-electron chi connectivity index (χ0n) is 40.3. The quantitative estimate of drug-likeness (QED) is 0.102. The number of benzene rings is 8. The molecule has 0 unspecified atom stereocenters. The predicted octanol–water partition coefficient (Wildman–Crippen LogP) is 16.8. The smallest absolute Gasteiger partial charge is 0.134 e. The number of hydrogen-bond acceptors (Lipinski definition) is 4.